The Morgan fingerprint density at radius 2 is 1.81 bits per heavy atom. The van der Waals surface area contributed by atoms with Crippen LogP contribution in [-0.4, -0.2) is 29.4 Å². The van der Waals surface area contributed by atoms with Gasteiger partial charge in [0.1, 0.15) is 5.75 Å². The lowest BCUT2D eigenvalue weighted by atomic mass is 10.1. The highest BCUT2D eigenvalue weighted by Crippen LogP contribution is 2.20. The van der Waals surface area contributed by atoms with E-state index < -0.39 is 12.1 Å². The standard InChI is InChI=1S/C21H21NO4/c1-14-7-3-6-10-19(14)25-12-11-20(23)26-15(2)21(24)17-13-22-18-9-5-4-8-16(17)18/h3-10,13,15,22H,11-12H2,1-2H3/t15-/m1/s1. The SMILES string of the molecule is Cc1ccccc1OCCC(=O)O[C@H](C)C(=O)c1c[nH]c2ccccc12. The van der Waals surface area contributed by atoms with E-state index in [2.05, 4.69) is 4.98 Å². The van der Waals surface area contributed by atoms with Crippen LogP contribution >= 0.6 is 0 Å². The first-order valence-electron chi connectivity index (χ1n) is 8.54. The van der Waals surface area contributed by atoms with Gasteiger partial charge in [0.15, 0.2) is 6.10 Å². The molecular weight excluding hydrogens is 330 g/mol. The average Bonchev–Trinajstić information content (AvgIpc) is 3.06. The number of H-pyrrole nitrogens is 1. The van der Waals surface area contributed by atoms with Crippen molar-refractivity contribution in [3.05, 3.63) is 65.9 Å². The van der Waals surface area contributed by atoms with E-state index in [0.717, 1.165) is 22.2 Å². The molecule has 0 saturated heterocycles. The van der Waals surface area contributed by atoms with Gasteiger partial charge in [0.05, 0.1) is 13.0 Å². The molecule has 26 heavy (non-hydrogen) atoms. The van der Waals surface area contributed by atoms with Crippen molar-refractivity contribution in [2.24, 2.45) is 0 Å². The van der Waals surface area contributed by atoms with Crippen LogP contribution in [0.5, 0.6) is 5.75 Å². The zero-order valence-corrected chi connectivity index (χ0v) is 14.8. The summed E-state index contributed by atoms with van der Waals surface area (Å²) in [5, 5.41) is 0.822. The van der Waals surface area contributed by atoms with Crippen molar-refractivity contribution in [3.8, 4) is 5.75 Å². The topological polar surface area (TPSA) is 68.4 Å². The first kappa shape index (κ1) is 17.7. The van der Waals surface area contributed by atoms with Gasteiger partial charge >= 0.3 is 5.97 Å². The molecule has 0 amide bonds. The minimum atomic E-state index is -0.847. The van der Waals surface area contributed by atoms with E-state index in [0.29, 0.717) is 5.56 Å². The number of carbonyl (C=O) groups is 2. The third kappa shape index (κ3) is 3.94. The van der Waals surface area contributed by atoms with Crippen LogP contribution in [0.1, 0.15) is 29.3 Å². The van der Waals surface area contributed by atoms with E-state index in [1.165, 1.54) is 0 Å². The van der Waals surface area contributed by atoms with Crippen LogP contribution in [0.2, 0.25) is 0 Å². The molecule has 0 fully saturated rings. The van der Waals surface area contributed by atoms with Gasteiger partial charge in [-0.25, -0.2) is 0 Å². The fourth-order valence-corrected chi connectivity index (χ4v) is 2.77. The third-order valence-corrected chi connectivity index (χ3v) is 4.19. The highest BCUT2D eigenvalue weighted by molar-refractivity contribution is 6.10. The second-order valence-electron chi connectivity index (χ2n) is 6.11. The first-order chi connectivity index (χ1) is 12.6. The predicted octanol–water partition coefficient (Wildman–Crippen LogP) is 4.06. The molecule has 0 aliphatic carbocycles. The molecule has 1 aromatic heterocycles. The molecular formula is C21H21NO4. The first-order valence-corrected chi connectivity index (χ1v) is 8.54. The number of hydrogen-bond donors (Lipinski definition) is 1. The minimum absolute atomic E-state index is 0.0832. The smallest absolute Gasteiger partial charge is 0.309 e. The number of fused-ring (bicyclic) bond motifs is 1. The van der Waals surface area contributed by atoms with Crippen molar-refractivity contribution in [2.75, 3.05) is 6.61 Å². The summed E-state index contributed by atoms with van der Waals surface area (Å²) < 4.78 is 10.9. The van der Waals surface area contributed by atoms with Crippen LogP contribution in [0.25, 0.3) is 10.9 Å². The van der Waals surface area contributed by atoms with Gasteiger partial charge in [0, 0.05) is 22.7 Å². The maximum absolute atomic E-state index is 12.6. The zero-order valence-electron chi connectivity index (χ0n) is 14.8. The largest absolute Gasteiger partial charge is 0.493 e. The highest BCUT2D eigenvalue weighted by Gasteiger charge is 2.22. The fraction of sp³-hybridized carbons (Fsp3) is 0.238. The van der Waals surface area contributed by atoms with Gasteiger partial charge in [-0.2, -0.15) is 0 Å². The molecule has 0 aliphatic rings. The molecule has 0 saturated carbocycles. The Morgan fingerprint density at radius 1 is 1.08 bits per heavy atom. The second-order valence-corrected chi connectivity index (χ2v) is 6.11. The lowest BCUT2D eigenvalue weighted by Crippen LogP contribution is -2.25. The number of hydrogen-bond acceptors (Lipinski definition) is 4. The van der Waals surface area contributed by atoms with Gasteiger partial charge in [0.2, 0.25) is 5.78 Å². The van der Waals surface area contributed by atoms with Crippen LogP contribution in [0, 0.1) is 6.92 Å². The number of nitrogens with one attached hydrogen (secondary N) is 1. The Hall–Kier alpha value is -3.08. The molecule has 134 valence electrons. The summed E-state index contributed by atoms with van der Waals surface area (Å²) in [6.45, 7) is 3.73. The molecule has 0 radical (unpaired) electrons. The molecule has 1 N–H and O–H groups in total. The summed E-state index contributed by atoms with van der Waals surface area (Å²) in [7, 11) is 0. The average molecular weight is 351 g/mol. The number of rotatable bonds is 7. The maximum Gasteiger partial charge on any atom is 0.309 e. The normalized spacial score (nSPS) is 11.9. The summed E-state index contributed by atoms with van der Waals surface area (Å²) in [6.07, 6.45) is 0.888. The molecule has 0 spiro atoms. The van der Waals surface area contributed by atoms with Crippen molar-refractivity contribution in [1.29, 1.82) is 0 Å². The summed E-state index contributed by atoms with van der Waals surface area (Å²) >= 11 is 0. The molecule has 1 atom stereocenters. The summed E-state index contributed by atoms with van der Waals surface area (Å²) in [5.41, 5.74) is 2.40. The maximum atomic E-state index is 12.6. The Bertz CT molecular complexity index is 928. The number of ketones is 1. The number of carbonyl (C=O) groups excluding carboxylic acids is 2. The minimum Gasteiger partial charge on any atom is -0.493 e. The number of Topliss-reactive ketones (excluding diaryl/α,β-unsaturated/α-hetero) is 1. The Morgan fingerprint density at radius 3 is 2.62 bits per heavy atom. The number of benzene rings is 2. The van der Waals surface area contributed by atoms with Gasteiger partial charge in [-0.1, -0.05) is 36.4 Å². The van der Waals surface area contributed by atoms with E-state index >= 15 is 0 Å². The van der Waals surface area contributed by atoms with Crippen molar-refractivity contribution in [3.63, 3.8) is 0 Å². The molecule has 0 unspecified atom stereocenters. The van der Waals surface area contributed by atoms with Crippen molar-refractivity contribution >= 4 is 22.7 Å². The highest BCUT2D eigenvalue weighted by atomic mass is 16.5. The fourth-order valence-electron chi connectivity index (χ4n) is 2.77. The molecule has 0 bridgehead atoms. The molecule has 2 aromatic carbocycles. The zero-order chi connectivity index (χ0) is 18.5. The predicted molar refractivity (Wildman–Crippen MR) is 99.5 cm³/mol. The van der Waals surface area contributed by atoms with Crippen molar-refractivity contribution in [2.45, 2.75) is 26.4 Å². The van der Waals surface area contributed by atoms with Crippen LogP contribution in [0.15, 0.2) is 54.7 Å². The van der Waals surface area contributed by atoms with E-state index in [4.69, 9.17) is 9.47 Å². The molecule has 3 aromatic rings. The number of aromatic amines is 1. The summed E-state index contributed by atoms with van der Waals surface area (Å²) in [5.74, 6) is 0.0538. The molecule has 5 heteroatoms. The van der Waals surface area contributed by atoms with Gasteiger partial charge in [-0.15, -0.1) is 0 Å². The molecule has 1 heterocycles. The summed E-state index contributed by atoms with van der Waals surface area (Å²) in [6, 6.07) is 15.1. The van der Waals surface area contributed by atoms with Gasteiger partial charge < -0.3 is 14.5 Å². The second kappa shape index (κ2) is 7.87. The van der Waals surface area contributed by atoms with Crippen LogP contribution < -0.4 is 4.74 Å². The van der Waals surface area contributed by atoms with Crippen molar-refractivity contribution in [1.82, 2.24) is 4.98 Å². The Kier molecular flexibility index (Phi) is 5.37. The number of aryl methyl sites for hydroxylation is 1. The van der Waals surface area contributed by atoms with Gasteiger partial charge in [0.25, 0.3) is 0 Å². The van der Waals surface area contributed by atoms with E-state index in [9.17, 15) is 9.59 Å². The monoisotopic (exact) mass is 351 g/mol. The molecule has 5 nitrogen and oxygen atoms in total. The Balaban J connectivity index is 1.54. The van der Waals surface area contributed by atoms with Crippen LogP contribution in [0.3, 0.4) is 0 Å². The Labute approximate surface area is 151 Å². The number of ether oxygens (including phenoxy) is 2. The lowest BCUT2D eigenvalue weighted by Gasteiger charge is -2.13. The molecule has 0 aliphatic heterocycles. The third-order valence-electron chi connectivity index (χ3n) is 4.19. The van der Waals surface area contributed by atoms with E-state index in [1.54, 1.807) is 13.1 Å². The van der Waals surface area contributed by atoms with Crippen molar-refractivity contribution < 1.29 is 19.1 Å². The van der Waals surface area contributed by atoms with Crippen LogP contribution in [0.4, 0.5) is 0 Å². The van der Waals surface area contributed by atoms with Crippen LogP contribution in [-0.2, 0) is 9.53 Å². The molecule has 3 rings (SSSR count). The number of aromatic nitrogens is 1. The summed E-state index contributed by atoms with van der Waals surface area (Å²) in [4.78, 5) is 27.6. The number of para-hydroxylation sites is 2. The van der Waals surface area contributed by atoms with Gasteiger partial charge in [-0.3, -0.25) is 9.59 Å². The van der Waals surface area contributed by atoms with Gasteiger partial charge in [-0.05, 0) is 31.5 Å². The quantitative estimate of drug-likeness (QED) is 0.515. The van der Waals surface area contributed by atoms with E-state index in [-0.39, 0.29) is 18.8 Å². The number of esters is 1. The van der Waals surface area contributed by atoms with E-state index in [1.807, 2.05) is 55.5 Å². The lowest BCUT2D eigenvalue weighted by molar-refractivity contribution is -0.146.